The molecule has 1 radical (unpaired) electrons. The van der Waals surface area contributed by atoms with Gasteiger partial charge in [0.1, 0.15) is 7.28 Å². The monoisotopic (exact) mass is 281 g/mol. The lowest BCUT2D eigenvalue weighted by atomic mass is 9.40. The topological polar surface area (TPSA) is 18.5 Å². The van der Waals surface area contributed by atoms with Crippen LogP contribution in [0, 0.1) is 11.3 Å². The van der Waals surface area contributed by atoms with Crippen LogP contribution in [0.1, 0.15) is 68.7 Å². The van der Waals surface area contributed by atoms with Gasteiger partial charge in [0.25, 0.3) is 0 Å². The van der Waals surface area contributed by atoms with Crippen molar-refractivity contribution in [2.24, 2.45) is 11.3 Å². The van der Waals surface area contributed by atoms with Crippen LogP contribution in [0.2, 0.25) is 10.6 Å². The summed E-state index contributed by atoms with van der Waals surface area (Å²) >= 11 is 0. The van der Waals surface area contributed by atoms with E-state index in [2.05, 4.69) is 69.6 Å². The Morgan fingerprint density at radius 2 is 1.60 bits per heavy atom. The Balaban J connectivity index is 2.54. The molecule has 0 aromatic rings. The molecule has 20 heavy (non-hydrogen) atoms. The molecule has 0 spiro atoms. The summed E-state index contributed by atoms with van der Waals surface area (Å²) in [6.45, 7) is 21.0. The summed E-state index contributed by atoms with van der Waals surface area (Å²) in [4.78, 5) is 0. The van der Waals surface area contributed by atoms with Crippen LogP contribution >= 0.6 is 0 Å². The van der Waals surface area contributed by atoms with Crippen molar-refractivity contribution in [2.45, 2.75) is 91.8 Å². The van der Waals surface area contributed by atoms with Crippen molar-refractivity contribution in [2.75, 3.05) is 6.61 Å². The van der Waals surface area contributed by atoms with Gasteiger partial charge in [0.05, 0.1) is 12.7 Å². The Bertz CT molecular complexity index is 312. The molecule has 0 N–H and O–H groups in total. The number of rotatable bonds is 4. The first kappa shape index (κ1) is 18.0. The summed E-state index contributed by atoms with van der Waals surface area (Å²) in [6, 6.07) is 0. The number of ether oxygens (including phenoxy) is 2. The van der Waals surface area contributed by atoms with Crippen LogP contribution in [0.4, 0.5) is 0 Å². The molecule has 117 valence electrons. The molecule has 1 aliphatic heterocycles. The maximum atomic E-state index is 6.13. The third kappa shape index (κ3) is 5.77. The van der Waals surface area contributed by atoms with Gasteiger partial charge in [0, 0.05) is 5.41 Å². The van der Waals surface area contributed by atoms with Crippen LogP contribution in [0.3, 0.4) is 0 Å². The van der Waals surface area contributed by atoms with Crippen LogP contribution < -0.4 is 0 Å². The van der Waals surface area contributed by atoms with E-state index in [-0.39, 0.29) is 28.4 Å². The second kappa shape index (κ2) is 6.00. The van der Waals surface area contributed by atoms with Gasteiger partial charge in [-0.05, 0) is 5.92 Å². The third-order valence-corrected chi connectivity index (χ3v) is 3.72. The Labute approximate surface area is 127 Å². The largest absolute Gasteiger partial charge is 0.349 e. The van der Waals surface area contributed by atoms with Crippen molar-refractivity contribution >= 4 is 7.28 Å². The van der Waals surface area contributed by atoms with Gasteiger partial charge in [0.2, 0.25) is 0 Å². The van der Waals surface area contributed by atoms with Crippen LogP contribution in [-0.2, 0) is 9.47 Å². The molecule has 3 atom stereocenters. The summed E-state index contributed by atoms with van der Waals surface area (Å²) in [5, 5.41) is 0.477. The van der Waals surface area contributed by atoms with Crippen molar-refractivity contribution in [3.8, 4) is 0 Å². The van der Waals surface area contributed by atoms with E-state index in [9.17, 15) is 0 Å². The molecule has 1 saturated heterocycles. The van der Waals surface area contributed by atoms with Gasteiger partial charge in [-0.3, -0.25) is 0 Å². The standard InChI is InChI=1S/C17H34BO2/c1-12(10-17(8,9)18-16(5,6)7)13-11-19-14(20-13)15(2,3)4/h12-14H,10-11H2,1-9H3. The van der Waals surface area contributed by atoms with Gasteiger partial charge in [-0.15, -0.1) is 0 Å². The van der Waals surface area contributed by atoms with E-state index in [1.165, 1.54) is 0 Å². The molecule has 3 unspecified atom stereocenters. The summed E-state index contributed by atoms with van der Waals surface area (Å²) in [5.41, 5.74) is 0.0571. The molecule has 1 aliphatic rings. The predicted molar refractivity (Wildman–Crippen MR) is 87.4 cm³/mol. The van der Waals surface area contributed by atoms with Gasteiger partial charge in [-0.1, -0.05) is 79.4 Å². The summed E-state index contributed by atoms with van der Waals surface area (Å²) in [6.07, 6.45) is 1.30. The van der Waals surface area contributed by atoms with Crippen molar-refractivity contribution < 1.29 is 9.47 Å². The maximum absolute atomic E-state index is 6.13. The Hall–Kier alpha value is -0.0151. The second-order valence-corrected chi connectivity index (χ2v) is 9.39. The zero-order chi connectivity index (χ0) is 15.8. The third-order valence-electron chi connectivity index (χ3n) is 3.72. The smallest absolute Gasteiger partial charge is 0.162 e. The Morgan fingerprint density at radius 3 is 2.00 bits per heavy atom. The molecule has 0 saturated carbocycles. The minimum absolute atomic E-state index is 0.0571. The van der Waals surface area contributed by atoms with E-state index < -0.39 is 0 Å². The first-order valence-electron chi connectivity index (χ1n) is 7.94. The molecule has 0 aliphatic carbocycles. The summed E-state index contributed by atoms with van der Waals surface area (Å²) in [7, 11) is 2.47. The van der Waals surface area contributed by atoms with E-state index in [0.717, 1.165) is 13.0 Å². The summed E-state index contributed by atoms with van der Waals surface area (Å²) < 4.78 is 12.0. The first-order valence-corrected chi connectivity index (χ1v) is 7.94. The Kier molecular flexibility index (Phi) is 5.41. The van der Waals surface area contributed by atoms with Gasteiger partial charge in [-0.2, -0.15) is 0 Å². The zero-order valence-electron chi connectivity index (χ0n) is 15.0. The van der Waals surface area contributed by atoms with Crippen LogP contribution in [0.5, 0.6) is 0 Å². The van der Waals surface area contributed by atoms with E-state index in [1.54, 1.807) is 0 Å². The van der Waals surface area contributed by atoms with Crippen molar-refractivity contribution in [3.05, 3.63) is 0 Å². The lowest BCUT2D eigenvalue weighted by Crippen LogP contribution is -2.31. The maximum Gasteiger partial charge on any atom is 0.162 e. The highest BCUT2D eigenvalue weighted by Gasteiger charge is 2.39. The fourth-order valence-electron chi connectivity index (χ4n) is 3.36. The average Bonchev–Trinajstić information content (AvgIpc) is 2.59. The lowest BCUT2D eigenvalue weighted by molar-refractivity contribution is -0.129. The first-order chi connectivity index (χ1) is 8.80. The van der Waals surface area contributed by atoms with Crippen molar-refractivity contribution in [1.29, 1.82) is 0 Å². The van der Waals surface area contributed by atoms with Gasteiger partial charge in [0.15, 0.2) is 6.29 Å². The average molecular weight is 281 g/mol. The molecule has 1 heterocycles. The Morgan fingerprint density at radius 1 is 1.05 bits per heavy atom. The highest BCUT2D eigenvalue weighted by atomic mass is 16.7. The fraction of sp³-hybridized carbons (Fsp3) is 1.00. The van der Waals surface area contributed by atoms with E-state index >= 15 is 0 Å². The van der Waals surface area contributed by atoms with Crippen molar-refractivity contribution in [1.82, 2.24) is 0 Å². The normalized spacial score (nSPS) is 26.6. The van der Waals surface area contributed by atoms with Crippen LogP contribution in [0.15, 0.2) is 0 Å². The zero-order valence-corrected chi connectivity index (χ0v) is 15.0. The molecule has 1 fully saturated rings. The molecule has 1 rings (SSSR count). The molecular formula is C17H34BO2. The van der Waals surface area contributed by atoms with Gasteiger partial charge in [-0.25, -0.2) is 0 Å². The van der Waals surface area contributed by atoms with Crippen LogP contribution in [-0.4, -0.2) is 26.3 Å². The second-order valence-electron chi connectivity index (χ2n) is 9.39. The molecule has 0 amide bonds. The highest BCUT2D eigenvalue weighted by Crippen LogP contribution is 2.42. The van der Waals surface area contributed by atoms with Crippen molar-refractivity contribution in [3.63, 3.8) is 0 Å². The summed E-state index contributed by atoms with van der Waals surface area (Å²) in [5.74, 6) is 0.510. The van der Waals surface area contributed by atoms with E-state index in [0.29, 0.717) is 5.92 Å². The van der Waals surface area contributed by atoms with Gasteiger partial charge >= 0.3 is 0 Å². The van der Waals surface area contributed by atoms with E-state index in [1.807, 2.05) is 0 Å². The van der Waals surface area contributed by atoms with E-state index in [4.69, 9.17) is 9.47 Å². The molecule has 2 nitrogen and oxygen atoms in total. The quantitative estimate of drug-likeness (QED) is 0.681. The molecule has 3 heteroatoms. The minimum Gasteiger partial charge on any atom is -0.349 e. The number of hydrogen-bond donors (Lipinski definition) is 0. The highest BCUT2D eigenvalue weighted by molar-refractivity contribution is 6.43. The molecule has 0 aromatic heterocycles. The fourth-order valence-corrected chi connectivity index (χ4v) is 3.36. The predicted octanol–water partition coefficient (Wildman–Crippen LogP) is 4.92. The molecule has 0 bridgehead atoms. The van der Waals surface area contributed by atoms with Gasteiger partial charge < -0.3 is 9.47 Å². The SMILES string of the molecule is CC(CC(C)(C)[B]C(C)(C)C)C1COC(C(C)(C)C)O1. The minimum atomic E-state index is -0.0651. The van der Waals surface area contributed by atoms with Crippen LogP contribution in [0.25, 0.3) is 0 Å². The molecule has 0 aromatic carbocycles. The number of hydrogen-bond acceptors (Lipinski definition) is 2. The lowest BCUT2D eigenvalue weighted by Gasteiger charge is -2.35. The molecular weight excluding hydrogens is 247 g/mol.